The highest BCUT2D eigenvalue weighted by molar-refractivity contribution is 7.13. The van der Waals surface area contributed by atoms with Crippen molar-refractivity contribution in [2.75, 3.05) is 11.9 Å². The molecule has 0 unspecified atom stereocenters. The second kappa shape index (κ2) is 5.27. The molecule has 0 fully saturated rings. The molecule has 0 atom stereocenters. The summed E-state index contributed by atoms with van der Waals surface area (Å²) in [7, 11) is 0. The lowest BCUT2D eigenvalue weighted by Gasteiger charge is -2.07. The van der Waals surface area contributed by atoms with Crippen molar-refractivity contribution < 1.29 is 0 Å². The molecule has 0 radical (unpaired) electrons. The van der Waals surface area contributed by atoms with Gasteiger partial charge in [0.25, 0.3) is 0 Å². The van der Waals surface area contributed by atoms with Crippen LogP contribution in [-0.4, -0.2) is 16.5 Å². The summed E-state index contributed by atoms with van der Waals surface area (Å²) in [6.07, 6.45) is 1.09. The van der Waals surface area contributed by atoms with Gasteiger partial charge in [-0.2, -0.15) is 0 Å². The van der Waals surface area contributed by atoms with Crippen LogP contribution in [0.15, 0.2) is 17.5 Å². The minimum absolute atomic E-state index is 0.814. The standard InChI is InChI=1S/C13H17N3S/c1-4-6-14-12-8-11(15-10(3)16-12)13-9(2)5-7-17-13/h5,7-8H,4,6H2,1-3H3,(H,14,15,16). The van der Waals surface area contributed by atoms with E-state index in [1.54, 1.807) is 11.3 Å². The van der Waals surface area contributed by atoms with Gasteiger partial charge in [0, 0.05) is 12.6 Å². The van der Waals surface area contributed by atoms with Gasteiger partial charge < -0.3 is 5.32 Å². The van der Waals surface area contributed by atoms with Crippen LogP contribution in [0.5, 0.6) is 0 Å². The van der Waals surface area contributed by atoms with Crippen LogP contribution >= 0.6 is 11.3 Å². The summed E-state index contributed by atoms with van der Waals surface area (Å²) in [5.41, 5.74) is 2.29. The van der Waals surface area contributed by atoms with E-state index in [4.69, 9.17) is 0 Å². The van der Waals surface area contributed by atoms with Gasteiger partial charge in [0.2, 0.25) is 0 Å². The maximum atomic E-state index is 4.50. The molecule has 2 rings (SSSR count). The van der Waals surface area contributed by atoms with Gasteiger partial charge >= 0.3 is 0 Å². The van der Waals surface area contributed by atoms with Crippen LogP contribution in [0.1, 0.15) is 24.7 Å². The summed E-state index contributed by atoms with van der Waals surface area (Å²) in [5.74, 6) is 1.73. The zero-order valence-corrected chi connectivity index (χ0v) is 11.3. The van der Waals surface area contributed by atoms with E-state index in [0.717, 1.165) is 30.3 Å². The summed E-state index contributed by atoms with van der Waals surface area (Å²) in [5, 5.41) is 5.41. The van der Waals surface area contributed by atoms with Gasteiger partial charge in [-0.3, -0.25) is 0 Å². The average molecular weight is 247 g/mol. The molecule has 1 N–H and O–H groups in total. The summed E-state index contributed by atoms with van der Waals surface area (Å²) >= 11 is 1.73. The summed E-state index contributed by atoms with van der Waals surface area (Å²) < 4.78 is 0. The Balaban J connectivity index is 2.35. The zero-order chi connectivity index (χ0) is 12.3. The largest absolute Gasteiger partial charge is 0.370 e. The van der Waals surface area contributed by atoms with Crippen LogP contribution in [0, 0.1) is 13.8 Å². The molecule has 0 aliphatic carbocycles. The topological polar surface area (TPSA) is 37.8 Å². The fraction of sp³-hybridized carbons (Fsp3) is 0.385. The fourth-order valence-corrected chi connectivity index (χ4v) is 2.55. The van der Waals surface area contributed by atoms with Gasteiger partial charge in [0.05, 0.1) is 10.6 Å². The van der Waals surface area contributed by atoms with Crippen LogP contribution in [-0.2, 0) is 0 Å². The van der Waals surface area contributed by atoms with E-state index in [0.29, 0.717) is 0 Å². The van der Waals surface area contributed by atoms with Crippen molar-refractivity contribution in [1.82, 2.24) is 9.97 Å². The van der Waals surface area contributed by atoms with E-state index in [1.165, 1.54) is 10.4 Å². The Morgan fingerprint density at radius 1 is 1.29 bits per heavy atom. The van der Waals surface area contributed by atoms with Gasteiger partial charge in [-0.25, -0.2) is 9.97 Å². The number of nitrogens with zero attached hydrogens (tertiary/aromatic N) is 2. The van der Waals surface area contributed by atoms with Crippen molar-refractivity contribution in [1.29, 1.82) is 0 Å². The lowest BCUT2D eigenvalue weighted by Crippen LogP contribution is -2.04. The Bertz CT molecular complexity index is 505. The minimum atomic E-state index is 0.814. The summed E-state index contributed by atoms with van der Waals surface area (Å²) in [6, 6.07) is 4.15. The first-order chi connectivity index (χ1) is 8.20. The van der Waals surface area contributed by atoms with Crippen LogP contribution < -0.4 is 5.32 Å². The SMILES string of the molecule is CCCNc1cc(-c2sccc2C)nc(C)n1. The van der Waals surface area contributed by atoms with Crippen LogP contribution in [0.3, 0.4) is 0 Å². The highest BCUT2D eigenvalue weighted by Gasteiger charge is 2.07. The molecule has 2 aromatic rings. The van der Waals surface area contributed by atoms with Crippen LogP contribution in [0.4, 0.5) is 5.82 Å². The highest BCUT2D eigenvalue weighted by Crippen LogP contribution is 2.28. The van der Waals surface area contributed by atoms with Gasteiger partial charge in [-0.15, -0.1) is 11.3 Å². The van der Waals surface area contributed by atoms with Crippen molar-refractivity contribution in [3.05, 3.63) is 28.9 Å². The molecular weight excluding hydrogens is 230 g/mol. The number of anilines is 1. The summed E-state index contributed by atoms with van der Waals surface area (Å²) in [4.78, 5) is 10.1. The monoisotopic (exact) mass is 247 g/mol. The molecule has 0 aliphatic heterocycles. The van der Waals surface area contributed by atoms with E-state index in [1.807, 2.05) is 13.0 Å². The second-order valence-corrected chi connectivity index (χ2v) is 4.96. The van der Waals surface area contributed by atoms with E-state index < -0.39 is 0 Å². The molecule has 0 aromatic carbocycles. The third-order valence-electron chi connectivity index (χ3n) is 2.49. The van der Waals surface area contributed by atoms with Crippen molar-refractivity contribution in [2.45, 2.75) is 27.2 Å². The van der Waals surface area contributed by atoms with Crippen LogP contribution in [0.2, 0.25) is 0 Å². The predicted octanol–water partition coefficient (Wildman–Crippen LogP) is 3.64. The predicted molar refractivity (Wildman–Crippen MR) is 73.6 cm³/mol. The Hall–Kier alpha value is -1.42. The molecule has 2 heterocycles. The van der Waals surface area contributed by atoms with Gasteiger partial charge in [-0.05, 0) is 37.3 Å². The molecule has 0 bridgehead atoms. The first-order valence-electron chi connectivity index (χ1n) is 5.84. The van der Waals surface area contributed by atoms with Gasteiger partial charge in [0.1, 0.15) is 11.6 Å². The number of rotatable bonds is 4. The molecule has 0 saturated heterocycles. The Morgan fingerprint density at radius 2 is 2.12 bits per heavy atom. The van der Waals surface area contributed by atoms with Crippen molar-refractivity contribution in [3.8, 4) is 10.6 Å². The van der Waals surface area contributed by atoms with E-state index in [9.17, 15) is 0 Å². The third-order valence-corrected chi connectivity index (χ3v) is 3.53. The van der Waals surface area contributed by atoms with Crippen molar-refractivity contribution in [2.24, 2.45) is 0 Å². The number of aromatic nitrogens is 2. The van der Waals surface area contributed by atoms with E-state index >= 15 is 0 Å². The molecule has 17 heavy (non-hydrogen) atoms. The molecule has 0 amide bonds. The Kier molecular flexibility index (Phi) is 3.74. The molecular formula is C13H17N3S. The number of hydrogen-bond donors (Lipinski definition) is 1. The molecule has 90 valence electrons. The lowest BCUT2D eigenvalue weighted by atomic mass is 10.2. The molecule has 2 aromatic heterocycles. The van der Waals surface area contributed by atoms with Crippen molar-refractivity contribution >= 4 is 17.2 Å². The van der Waals surface area contributed by atoms with Crippen molar-refractivity contribution in [3.63, 3.8) is 0 Å². The van der Waals surface area contributed by atoms with E-state index in [2.05, 4.69) is 40.6 Å². The Morgan fingerprint density at radius 3 is 2.76 bits per heavy atom. The third kappa shape index (κ3) is 2.82. The number of hydrogen-bond acceptors (Lipinski definition) is 4. The smallest absolute Gasteiger partial charge is 0.130 e. The molecule has 3 nitrogen and oxygen atoms in total. The highest BCUT2D eigenvalue weighted by atomic mass is 32.1. The number of aryl methyl sites for hydroxylation is 2. The molecule has 0 aliphatic rings. The maximum absolute atomic E-state index is 4.50. The van der Waals surface area contributed by atoms with E-state index in [-0.39, 0.29) is 0 Å². The quantitative estimate of drug-likeness (QED) is 0.896. The Labute approximate surface area is 106 Å². The lowest BCUT2D eigenvalue weighted by molar-refractivity contribution is 0.955. The molecule has 0 spiro atoms. The number of thiophene rings is 1. The summed E-state index contributed by atoms with van der Waals surface area (Å²) in [6.45, 7) is 7.14. The van der Waals surface area contributed by atoms with Gasteiger partial charge in [0.15, 0.2) is 0 Å². The zero-order valence-electron chi connectivity index (χ0n) is 10.4. The second-order valence-electron chi connectivity index (χ2n) is 4.05. The van der Waals surface area contributed by atoms with Crippen LogP contribution in [0.25, 0.3) is 10.6 Å². The fourth-order valence-electron chi connectivity index (χ4n) is 1.66. The maximum Gasteiger partial charge on any atom is 0.130 e. The first kappa shape index (κ1) is 12.0. The van der Waals surface area contributed by atoms with Gasteiger partial charge in [-0.1, -0.05) is 6.92 Å². The normalized spacial score (nSPS) is 10.5. The average Bonchev–Trinajstić information content (AvgIpc) is 2.72. The number of nitrogens with one attached hydrogen (secondary N) is 1. The first-order valence-corrected chi connectivity index (χ1v) is 6.72. The molecule has 0 saturated carbocycles. The molecule has 4 heteroatoms. The minimum Gasteiger partial charge on any atom is -0.370 e.